The lowest BCUT2D eigenvalue weighted by Crippen LogP contribution is -1.61. The molecule has 0 radical (unpaired) electrons. The van der Waals surface area contributed by atoms with Crippen LogP contribution in [0.3, 0.4) is 0 Å². The Bertz CT molecular complexity index is 185. The summed E-state index contributed by atoms with van der Waals surface area (Å²) in [6, 6.07) is 0. The van der Waals surface area contributed by atoms with Crippen molar-refractivity contribution in [2.24, 2.45) is 0 Å². The summed E-state index contributed by atoms with van der Waals surface area (Å²) < 4.78 is 0. The summed E-state index contributed by atoms with van der Waals surface area (Å²) in [5, 5.41) is 1.32. The highest BCUT2D eigenvalue weighted by molar-refractivity contribution is 7.46. The van der Waals surface area contributed by atoms with Crippen LogP contribution in [0.5, 0.6) is 0 Å². The second-order valence-electron chi connectivity index (χ2n) is 2.00. The Morgan fingerprint density at radius 3 is 2.45 bits per heavy atom. The van der Waals surface area contributed by atoms with E-state index in [1.165, 1.54) is 5.31 Å². The van der Waals surface area contributed by atoms with E-state index in [-0.39, 0.29) is 0 Å². The Hall–Kier alpha value is -0.610. The minimum absolute atomic E-state index is 0.759. The summed E-state index contributed by atoms with van der Waals surface area (Å²) in [5.74, 6) is 2.16. The number of rotatable bonds is 4. The van der Waals surface area contributed by atoms with Crippen molar-refractivity contribution in [1.29, 1.82) is 0 Å². The highest BCUT2D eigenvalue weighted by Crippen LogP contribution is 2.25. The van der Waals surface area contributed by atoms with Gasteiger partial charge in [0.25, 0.3) is 0 Å². The zero-order chi connectivity index (χ0) is 8.53. The molecule has 0 aromatic carbocycles. The van der Waals surface area contributed by atoms with Gasteiger partial charge in [-0.1, -0.05) is 51.4 Å². The van der Waals surface area contributed by atoms with Gasteiger partial charge in [0, 0.05) is 0 Å². The Morgan fingerprint density at radius 1 is 1.27 bits per heavy atom. The maximum Gasteiger partial charge on any atom is -0.0236 e. The van der Waals surface area contributed by atoms with Crippen molar-refractivity contribution >= 4 is 8.58 Å². The summed E-state index contributed by atoms with van der Waals surface area (Å²) in [7, 11) is 0.759. The standard InChI is InChI=1S/C10H15P/c1-4-7-10(8-5-2)11-9-6-3/h4-9,11H,1H2,2-3H3/b8-5-,9-6-,10-7+. The quantitative estimate of drug-likeness (QED) is 0.439. The lowest BCUT2D eigenvalue weighted by atomic mass is 10.4. The summed E-state index contributed by atoms with van der Waals surface area (Å²) >= 11 is 0. The molecule has 0 nitrogen and oxygen atoms in total. The minimum Gasteiger partial charge on any atom is -0.0990 e. The van der Waals surface area contributed by atoms with Crippen LogP contribution in [-0.4, -0.2) is 0 Å². The third-order valence-electron chi connectivity index (χ3n) is 1.06. The van der Waals surface area contributed by atoms with Crippen molar-refractivity contribution in [1.82, 2.24) is 0 Å². The molecule has 0 aliphatic carbocycles. The normalized spacial score (nSPS) is 14.2. The fourth-order valence-electron chi connectivity index (χ4n) is 0.638. The van der Waals surface area contributed by atoms with E-state index >= 15 is 0 Å². The molecule has 60 valence electrons. The minimum atomic E-state index is 0.759. The first-order valence-corrected chi connectivity index (χ1v) is 4.76. The van der Waals surface area contributed by atoms with Gasteiger partial charge in [-0.25, -0.2) is 0 Å². The predicted octanol–water partition coefficient (Wildman–Crippen LogP) is 3.84. The van der Waals surface area contributed by atoms with E-state index in [1.807, 2.05) is 32.1 Å². The van der Waals surface area contributed by atoms with Crippen LogP contribution in [0, 0.1) is 0 Å². The van der Waals surface area contributed by atoms with E-state index in [9.17, 15) is 0 Å². The third kappa shape index (κ3) is 5.82. The van der Waals surface area contributed by atoms with Gasteiger partial charge in [0.15, 0.2) is 0 Å². The molecular weight excluding hydrogens is 151 g/mol. The molecule has 1 unspecified atom stereocenters. The second-order valence-corrected chi connectivity index (χ2v) is 3.20. The van der Waals surface area contributed by atoms with Gasteiger partial charge in [-0.05, 0) is 19.2 Å². The van der Waals surface area contributed by atoms with E-state index in [4.69, 9.17) is 0 Å². The van der Waals surface area contributed by atoms with Gasteiger partial charge in [-0.3, -0.25) is 0 Å². The first kappa shape index (κ1) is 10.4. The van der Waals surface area contributed by atoms with E-state index in [0.29, 0.717) is 0 Å². The van der Waals surface area contributed by atoms with Gasteiger partial charge < -0.3 is 0 Å². The number of allylic oxidation sites excluding steroid dienone is 6. The molecule has 0 amide bonds. The lowest BCUT2D eigenvalue weighted by molar-refractivity contribution is 1.71. The third-order valence-corrected chi connectivity index (χ3v) is 2.23. The summed E-state index contributed by atoms with van der Waals surface area (Å²) in [5.41, 5.74) is 0. The van der Waals surface area contributed by atoms with E-state index in [0.717, 1.165) is 8.58 Å². The Labute approximate surface area is 71.2 Å². The molecule has 0 fully saturated rings. The van der Waals surface area contributed by atoms with Gasteiger partial charge in [0.1, 0.15) is 0 Å². The molecule has 0 aliphatic heterocycles. The molecule has 0 saturated carbocycles. The monoisotopic (exact) mass is 166 g/mol. The first-order valence-electron chi connectivity index (χ1n) is 3.68. The molecule has 0 N–H and O–H groups in total. The van der Waals surface area contributed by atoms with Crippen LogP contribution in [0.1, 0.15) is 13.8 Å². The Morgan fingerprint density at radius 2 is 2.00 bits per heavy atom. The topological polar surface area (TPSA) is 0 Å². The maximum absolute atomic E-state index is 3.66. The molecule has 0 saturated heterocycles. The highest BCUT2D eigenvalue weighted by Gasteiger charge is 1.83. The second kappa shape index (κ2) is 7.50. The van der Waals surface area contributed by atoms with Gasteiger partial charge >= 0.3 is 0 Å². The zero-order valence-electron chi connectivity index (χ0n) is 7.17. The van der Waals surface area contributed by atoms with Crippen LogP contribution in [0.4, 0.5) is 0 Å². The van der Waals surface area contributed by atoms with Crippen LogP contribution < -0.4 is 0 Å². The molecule has 0 heterocycles. The van der Waals surface area contributed by atoms with Crippen LogP contribution >= 0.6 is 8.58 Å². The van der Waals surface area contributed by atoms with Crippen molar-refractivity contribution in [2.45, 2.75) is 13.8 Å². The molecule has 11 heavy (non-hydrogen) atoms. The molecule has 0 spiro atoms. The van der Waals surface area contributed by atoms with Crippen molar-refractivity contribution in [3.8, 4) is 0 Å². The summed E-state index contributed by atoms with van der Waals surface area (Å²) in [6.45, 7) is 7.72. The fourth-order valence-corrected chi connectivity index (χ4v) is 1.47. The molecule has 0 bridgehead atoms. The van der Waals surface area contributed by atoms with Gasteiger partial charge in [-0.2, -0.15) is 0 Å². The zero-order valence-corrected chi connectivity index (χ0v) is 8.17. The predicted molar refractivity (Wildman–Crippen MR) is 56.2 cm³/mol. The number of hydrogen-bond donors (Lipinski definition) is 0. The van der Waals surface area contributed by atoms with Gasteiger partial charge in [0.05, 0.1) is 0 Å². The summed E-state index contributed by atoms with van der Waals surface area (Å²) in [4.78, 5) is 0. The average Bonchev–Trinajstić information content (AvgIpc) is 2.01. The van der Waals surface area contributed by atoms with Crippen molar-refractivity contribution < 1.29 is 0 Å². The molecular formula is C10H15P. The van der Waals surface area contributed by atoms with Crippen LogP contribution in [0.2, 0.25) is 0 Å². The molecule has 0 aromatic rings. The van der Waals surface area contributed by atoms with Gasteiger partial charge in [-0.15, -0.1) is 0 Å². The largest absolute Gasteiger partial charge is 0.0990 e. The molecule has 0 aliphatic rings. The molecule has 0 aromatic heterocycles. The summed E-state index contributed by atoms with van der Waals surface area (Å²) in [6.07, 6.45) is 10.1. The maximum atomic E-state index is 3.66. The van der Waals surface area contributed by atoms with Crippen molar-refractivity contribution in [3.05, 3.63) is 48.1 Å². The highest BCUT2D eigenvalue weighted by atomic mass is 31.1. The first-order chi connectivity index (χ1) is 5.35. The lowest BCUT2D eigenvalue weighted by Gasteiger charge is -1.93. The van der Waals surface area contributed by atoms with Gasteiger partial charge in [0.2, 0.25) is 0 Å². The Balaban J connectivity index is 4.10. The molecule has 0 rings (SSSR count). The Kier molecular flexibility index (Phi) is 7.08. The smallest absolute Gasteiger partial charge is 0.0236 e. The van der Waals surface area contributed by atoms with Crippen molar-refractivity contribution in [2.75, 3.05) is 0 Å². The SMILES string of the molecule is C=C/C=C(\C=C/C)P/C=C\C. The molecule has 1 atom stereocenters. The van der Waals surface area contributed by atoms with Crippen LogP contribution in [-0.2, 0) is 0 Å². The van der Waals surface area contributed by atoms with Crippen molar-refractivity contribution in [3.63, 3.8) is 0 Å². The average molecular weight is 166 g/mol. The van der Waals surface area contributed by atoms with Crippen LogP contribution in [0.15, 0.2) is 48.1 Å². The fraction of sp³-hybridized carbons (Fsp3) is 0.200. The van der Waals surface area contributed by atoms with E-state index < -0.39 is 0 Å². The number of hydrogen-bond acceptors (Lipinski definition) is 0. The van der Waals surface area contributed by atoms with E-state index in [1.54, 1.807) is 0 Å². The van der Waals surface area contributed by atoms with E-state index in [2.05, 4.69) is 24.5 Å². The van der Waals surface area contributed by atoms with Crippen LogP contribution in [0.25, 0.3) is 0 Å². The molecule has 1 heteroatoms.